The van der Waals surface area contributed by atoms with Gasteiger partial charge in [0, 0.05) is 11.1 Å². The van der Waals surface area contributed by atoms with E-state index in [1.165, 1.54) is 0 Å². The molecule has 1 aromatic heterocycles. The average molecular weight is 217 g/mol. The summed E-state index contributed by atoms with van der Waals surface area (Å²) in [7, 11) is 0. The first-order chi connectivity index (χ1) is 7.50. The minimum absolute atomic E-state index is 0.00271. The lowest BCUT2D eigenvalue weighted by Crippen LogP contribution is -2.12. The average Bonchev–Trinajstić information content (AvgIpc) is 2.60. The number of hydrogen-bond donors (Lipinski definition) is 2. The number of rotatable bonds is 2. The molecule has 0 aliphatic rings. The van der Waals surface area contributed by atoms with Gasteiger partial charge in [0.2, 0.25) is 6.41 Å². The molecule has 2 rings (SSSR count). The number of imidazole rings is 1. The first kappa shape index (κ1) is 10.7. The van der Waals surface area contributed by atoms with Crippen LogP contribution in [0.4, 0.5) is 5.69 Å². The number of nitrogens with one attached hydrogen (secondary N) is 2. The second-order valence-electron chi connectivity index (χ2n) is 4.83. The Labute approximate surface area is 94.1 Å². The Morgan fingerprint density at radius 1 is 1.38 bits per heavy atom. The zero-order valence-corrected chi connectivity index (χ0v) is 9.66. The zero-order chi connectivity index (χ0) is 11.8. The van der Waals surface area contributed by atoms with Crippen molar-refractivity contribution in [2.75, 3.05) is 5.32 Å². The van der Waals surface area contributed by atoms with Crippen molar-refractivity contribution in [3.63, 3.8) is 0 Å². The van der Waals surface area contributed by atoms with E-state index in [4.69, 9.17) is 0 Å². The van der Waals surface area contributed by atoms with Gasteiger partial charge in [-0.2, -0.15) is 0 Å². The highest BCUT2D eigenvalue weighted by Gasteiger charge is 2.17. The molecule has 2 aromatic rings. The molecule has 0 aliphatic carbocycles. The number of amides is 1. The van der Waals surface area contributed by atoms with Crippen molar-refractivity contribution >= 4 is 23.1 Å². The zero-order valence-electron chi connectivity index (χ0n) is 9.66. The molecule has 1 aromatic carbocycles. The Morgan fingerprint density at radius 3 is 2.75 bits per heavy atom. The van der Waals surface area contributed by atoms with Gasteiger partial charge in [-0.05, 0) is 18.2 Å². The molecule has 1 heterocycles. The van der Waals surface area contributed by atoms with Gasteiger partial charge in [0.1, 0.15) is 5.82 Å². The summed E-state index contributed by atoms with van der Waals surface area (Å²) in [5.41, 5.74) is 2.63. The fourth-order valence-corrected chi connectivity index (χ4v) is 1.52. The minimum Gasteiger partial charge on any atom is -0.341 e. The van der Waals surface area contributed by atoms with Gasteiger partial charge in [0.15, 0.2) is 0 Å². The van der Waals surface area contributed by atoms with Crippen LogP contribution in [0.1, 0.15) is 26.6 Å². The van der Waals surface area contributed by atoms with E-state index in [2.05, 4.69) is 36.1 Å². The van der Waals surface area contributed by atoms with Crippen LogP contribution in [0.15, 0.2) is 18.2 Å². The second kappa shape index (κ2) is 3.63. The molecule has 16 heavy (non-hydrogen) atoms. The predicted octanol–water partition coefficient (Wildman–Crippen LogP) is 2.43. The lowest BCUT2D eigenvalue weighted by Gasteiger charge is -2.13. The summed E-state index contributed by atoms with van der Waals surface area (Å²) in [6.45, 7) is 6.32. The maximum Gasteiger partial charge on any atom is 0.211 e. The Bertz CT molecular complexity index is 523. The maximum absolute atomic E-state index is 10.3. The van der Waals surface area contributed by atoms with Crippen LogP contribution in [0.5, 0.6) is 0 Å². The van der Waals surface area contributed by atoms with Gasteiger partial charge in [0.25, 0.3) is 0 Å². The van der Waals surface area contributed by atoms with E-state index in [9.17, 15) is 4.79 Å². The number of anilines is 1. The van der Waals surface area contributed by atoms with Crippen molar-refractivity contribution in [1.29, 1.82) is 0 Å². The molecule has 0 saturated carbocycles. The molecule has 0 bridgehead atoms. The van der Waals surface area contributed by atoms with E-state index < -0.39 is 0 Å². The molecule has 0 aliphatic heterocycles. The summed E-state index contributed by atoms with van der Waals surface area (Å²) in [5.74, 6) is 0.950. The fraction of sp³-hybridized carbons (Fsp3) is 0.333. The second-order valence-corrected chi connectivity index (χ2v) is 4.83. The molecule has 4 nitrogen and oxygen atoms in total. The predicted molar refractivity (Wildman–Crippen MR) is 64.5 cm³/mol. The van der Waals surface area contributed by atoms with Crippen LogP contribution in [-0.4, -0.2) is 16.4 Å². The fourth-order valence-electron chi connectivity index (χ4n) is 1.52. The number of H-pyrrole nitrogens is 1. The molecule has 0 atom stereocenters. The van der Waals surface area contributed by atoms with Crippen molar-refractivity contribution in [2.24, 2.45) is 0 Å². The standard InChI is InChI=1S/C12H15N3O/c1-12(2,3)11-14-9-5-4-8(13-7-16)6-10(9)15-11/h4-7H,1-3H3,(H,13,16)(H,14,15). The molecule has 0 radical (unpaired) electrons. The normalized spacial score (nSPS) is 11.7. The number of carbonyl (C=O) groups excluding carboxylic acids is 1. The minimum atomic E-state index is -0.00271. The molecular weight excluding hydrogens is 202 g/mol. The van der Waals surface area contributed by atoms with E-state index in [-0.39, 0.29) is 5.41 Å². The van der Waals surface area contributed by atoms with Crippen molar-refractivity contribution < 1.29 is 4.79 Å². The highest BCUT2D eigenvalue weighted by molar-refractivity contribution is 5.83. The Balaban J connectivity index is 2.50. The SMILES string of the molecule is CC(C)(C)c1nc2ccc(NC=O)cc2[nH]1. The van der Waals surface area contributed by atoms with Crippen molar-refractivity contribution in [3.05, 3.63) is 24.0 Å². The van der Waals surface area contributed by atoms with Gasteiger partial charge < -0.3 is 10.3 Å². The summed E-state index contributed by atoms with van der Waals surface area (Å²) < 4.78 is 0. The third kappa shape index (κ3) is 1.91. The number of aromatic nitrogens is 2. The van der Waals surface area contributed by atoms with Gasteiger partial charge in [-0.15, -0.1) is 0 Å². The van der Waals surface area contributed by atoms with E-state index in [1.54, 1.807) is 0 Å². The molecule has 0 fully saturated rings. The number of fused-ring (bicyclic) bond motifs is 1. The first-order valence-electron chi connectivity index (χ1n) is 5.21. The summed E-state index contributed by atoms with van der Waals surface area (Å²) in [6.07, 6.45) is 0.669. The maximum atomic E-state index is 10.3. The topological polar surface area (TPSA) is 57.8 Å². The Kier molecular flexibility index (Phi) is 2.42. The highest BCUT2D eigenvalue weighted by Crippen LogP contribution is 2.23. The van der Waals surface area contributed by atoms with Crippen molar-refractivity contribution in [2.45, 2.75) is 26.2 Å². The highest BCUT2D eigenvalue weighted by atomic mass is 16.1. The summed E-state index contributed by atoms with van der Waals surface area (Å²) in [4.78, 5) is 18.1. The molecule has 4 heteroatoms. The van der Waals surface area contributed by atoms with Crippen LogP contribution in [0, 0.1) is 0 Å². The largest absolute Gasteiger partial charge is 0.341 e. The monoisotopic (exact) mass is 217 g/mol. The molecule has 0 saturated heterocycles. The molecule has 84 valence electrons. The van der Waals surface area contributed by atoms with Crippen LogP contribution in [0.3, 0.4) is 0 Å². The number of hydrogen-bond acceptors (Lipinski definition) is 2. The number of carbonyl (C=O) groups is 1. The molecule has 0 spiro atoms. The van der Waals surface area contributed by atoms with Crippen molar-refractivity contribution in [3.8, 4) is 0 Å². The van der Waals surface area contributed by atoms with E-state index >= 15 is 0 Å². The van der Waals surface area contributed by atoms with E-state index in [1.807, 2.05) is 18.2 Å². The van der Waals surface area contributed by atoms with Gasteiger partial charge in [-0.3, -0.25) is 4.79 Å². The Morgan fingerprint density at radius 2 is 2.12 bits per heavy atom. The van der Waals surface area contributed by atoms with Crippen LogP contribution >= 0.6 is 0 Å². The quantitative estimate of drug-likeness (QED) is 0.759. The number of nitrogens with zero attached hydrogens (tertiary/aromatic N) is 1. The van der Waals surface area contributed by atoms with Gasteiger partial charge in [-0.25, -0.2) is 4.98 Å². The van der Waals surface area contributed by atoms with Crippen LogP contribution in [0.2, 0.25) is 0 Å². The molecule has 1 amide bonds. The third-order valence-corrected chi connectivity index (χ3v) is 2.42. The number of aromatic amines is 1. The van der Waals surface area contributed by atoms with Crippen LogP contribution < -0.4 is 5.32 Å². The number of benzene rings is 1. The van der Waals surface area contributed by atoms with Crippen molar-refractivity contribution in [1.82, 2.24) is 9.97 Å². The lowest BCUT2D eigenvalue weighted by atomic mass is 9.96. The van der Waals surface area contributed by atoms with Gasteiger partial charge >= 0.3 is 0 Å². The van der Waals surface area contributed by atoms with Crippen LogP contribution in [0.25, 0.3) is 11.0 Å². The smallest absolute Gasteiger partial charge is 0.211 e. The first-order valence-corrected chi connectivity index (χ1v) is 5.21. The van der Waals surface area contributed by atoms with Gasteiger partial charge in [-0.1, -0.05) is 20.8 Å². The molecular formula is C12H15N3O. The summed E-state index contributed by atoms with van der Waals surface area (Å²) in [5, 5.41) is 2.62. The summed E-state index contributed by atoms with van der Waals surface area (Å²) >= 11 is 0. The van der Waals surface area contributed by atoms with E-state index in [0.29, 0.717) is 6.41 Å². The van der Waals surface area contributed by atoms with Gasteiger partial charge in [0.05, 0.1) is 11.0 Å². The summed E-state index contributed by atoms with van der Waals surface area (Å²) in [6, 6.07) is 5.61. The molecule has 2 N–H and O–H groups in total. The Hall–Kier alpha value is -1.84. The molecule has 0 unspecified atom stereocenters. The lowest BCUT2D eigenvalue weighted by molar-refractivity contribution is -0.105. The van der Waals surface area contributed by atoms with Crippen LogP contribution in [-0.2, 0) is 10.2 Å². The van der Waals surface area contributed by atoms with E-state index in [0.717, 1.165) is 22.5 Å². The third-order valence-electron chi connectivity index (χ3n) is 2.42.